The number of hydrogen-bond acceptors (Lipinski definition) is 3. The molecular weight excluding hydrogens is 357 g/mol. The molecule has 0 spiro atoms. The van der Waals surface area contributed by atoms with Crippen molar-refractivity contribution >= 4 is 23.7 Å². The number of hydrazone groups is 1. The van der Waals surface area contributed by atoms with Crippen molar-refractivity contribution in [3.8, 4) is 0 Å². The van der Waals surface area contributed by atoms with Crippen LogP contribution < -0.4 is 10.7 Å². The number of aryl methyl sites for hydroxylation is 1. The summed E-state index contributed by atoms with van der Waals surface area (Å²) in [5.41, 5.74) is 5.50. The van der Waals surface area contributed by atoms with E-state index in [4.69, 9.17) is 0 Å². The highest BCUT2D eigenvalue weighted by Crippen LogP contribution is 2.13. The monoisotopic (exact) mass is 375 g/mol. The summed E-state index contributed by atoms with van der Waals surface area (Å²) in [7, 11) is 0. The molecule has 3 aromatic rings. The van der Waals surface area contributed by atoms with Crippen molar-refractivity contribution in [3.63, 3.8) is 0 Å². The van der Waals surface area contributed by atoms with E-state index in [1.54, 1.807) is 48.5 Å². The van der Waals surface area contributed by atoms with Gasteiger partial charge in [0, 0.05) is 16.8 Å². The van der Waals surface area contributed by atoms with Crippen molar-refractivity contribution < 1.29 is 14.0 Å². The van der Waals surface area contributed by atoms with Gasteiger partial charge in [0.05, 0.1) is 6.21 Å². The lowest BCUT2D eigenvalue weighted by Gasteiger charge is -2.07. The summed E-state index contributed by atoms with van der Waals surface area (Å²) in [6.07, 6.45) is 1.42. The third-order valence-corrected chi connectivity index (χ3v) is 3.95. The molecule has 0 heterocycles. The average Bonchev–Trinajstić information content (AvgIpc) is 2.70. The van der Waals surface area contributed by atoms with Gasteiger partial charge in [-0.05, 0) is 55.0 Å². The van der Waals surface area contributed by atoms with Crippen LogP contribution in [-0.4, -0.2) is 18.0 Å². The molecular formula is C22H18FN3O2. The Morgan fingerprint density at radius 1 is 0.893 bits per heavy atom. The molecule has 2 N–H and O–H groups in total. The van der Waals surface area contributed by atoms with Crippen LogP contribution in [-0.2, 0) is 0 Å². The summed E-state index contributed by atoms with van der Waals surface area (Å²) in [4.78, 5) is 24.5. The highest BCUT2D eigenvalue weighted by molar-refractivity contribution is 6.05. The number of carbonyl (C=O) groups is 2. The minimum absolute atomic E-state index is 0.258. The summed E-state index contributed by atoms with van der Waals surface area (Å²) in [5, 5.41) is 6.63. The highest BCUT2D eigenvalue weighted by atomic mass is 19.1. The molecule has 28 heavy (non-hydrogen) atoms. The van der Waals surface area contributed by atoms with Crippen LogP contribution in [0.25, 0.3) is 0 Å². The van der Waals surface area contributed by atoms with E-state index >= 15 is 0 Å². The zero-order valence-electron chi connectivity index (χ0n) is 15.1. The lowest BCUT2D eigenvalue weighted by molar-refractivity contribution is 0.0953. The minimum atomic E-state index is -0.426. The molecule has 3 aromatic carbocycles. The Morgan fingerprint density at radius 3 is 2.32 bits per heavy atom. The van der Waals surface area contributed by atoms with Crippen molar-refractivity contribution in [2.24, 2.45) is 5.10 Å². The summed E-state index contributed by atoms with van der Waals surface area (Å²) in [6.45, 7) is 1.95. The Morgan fingerprint density at radius 2 is 1.61 bits per heavy atom. The van der Waals surface area contributed by atoms with Crippen LogP contribution in [0.2, 0.25) is 0 Å². The summed E-state index contributed by atoms with van der Waals surface area (Å²) in [5.74, 6) is -1.03. The maximum atomic E-state index is 12.9. The second-order valence-corrected chi connectivity index (χ2v) is 6.15. The van der Waals surface area contributed by atoms with Crippen LogP contribution in [0.15, 0.2) is 77.9 Å². The Kier molecular flexibility index (Phi) is 5.91. The van der Waals surface area contributed by atoms with Crippen molar-refractivity contribution in [2.75, 3.05) is 5.32 Å². The summed E-state index contributed by atoms with van der Waals surface area (Å²) < 4.78 is 12.9. The van der Waals surface area contributed by atoms with Crippen LogP contribution in [0, 0.1) is 12.7 Å². The number of halogens is 1. The normalized spacial score (nSPS) is 10.6. The Balaban J connectivity index is 1.63. The first-order valence-electron chi connectivity index (χ1n) is 8.58. The lowest BCUT2D eigenvalue weighted by atomic mass is 10.1. The van der Waals surface area contributed by atoms with Gasteiger partial charge in [-0.15, -0.1) is 0 Å². The molecule has 0 aliphatic heterocycles. The Labute approximate surface area is 161 Å². The summed E-state index contributed by atoms with van der Waals surface area (Å²) in [6, 6.07) is 19.5. The topological polar surface area (TPSA) is 70.6 Å². The van der Waals surface area contributed by atoms with E-state index in [9.17, 15) is 14.0 Å². The van der Waals surface area contributed by atoms with Crippen LogP contribution in [0.4, 0.5) is 10.1 Å². The number of hydrogen-bond donors (Lipinski definition) is 2. The van der Waals surface area contributed by atoms with Crippen molar-refractivity contribution in [1.29, 1.82) is 0 Å². The lowest BCUT2D eigenvalue weighted by Crippen LogP contribution is -2.18. The maximum Gasteiger partial charge on any atom is 0.271 e. The Hall–Kier alpha value is -3.80. The van der Waals surface area contributed by atoms with Gasteiger partial charge in [-0.2, -0.15) is 5.10 Å². The van der Waals surface area contributed by atoms with Crippen molar-refractivity contribution in [2.45, 2.75) is 6.92 Å². The van der Waals surface area contributed by atoms with Crippen LogP contribution >= 0.6 is 0 Å². The molecule has 0 atom stereocenters. The number of nitrogens with zero attached hydrogens (tertiary/aromatic N) is 1. The fraction of sp³-hybridized carbons (Fsp3) is 0.0455. The predicted molar refractivity (Wildman–Crippen MR) is 107 cm³/mol. The van der Waals surface area contributed by atoms with Gasteiger partial charge in [-0.1, -0.05) is 35.9 Å². The van der Waals surface area contributed by atoms with Gasteiger partial charge in [-0.25, -0.2) is 9.82 Å². The van der Waals surface area contributed by atoms with Crippen molar-refractivity contribution in [1.82, 2.24) is 5.43 Å². The molecule has 0 unspecified atom stereocenters. The standard InChI is InChI=1S/C22H18FN3O2/c1-15-5-9-17(10-6-15)21(27)25-20-4-2-3-18(13-20)22(28)26-24-14-16-7-11-19(23)12-8-16/h2-14H,1H3,(H,25,27)(H,26,28)/b24-14+. The molecule has 0 saturated carbocycles. The SMILES string of the molecule is Cc1ccc(C(=O)Nc2cccc(C(=O)N/N=C/c3ccc(F)cc3)c2)cc1. The first-order valence-corrected chi connectivity index (χ1v) is 8.58. The third-order valence-electron chi connectivity index (χ3n) is 3.95. The molecule has 0 radical (unpaired) electrons. The molecule has 5 nitrogen and oxygen atoms in total. The quantitative estimate of drug-likeness (QED) is 0.519. The number of amides is 2. The third kappa shape index (κ3) is 5.11. The molecule has 0 fully saturated rings. The number of rotatable bonds is 5. The van der Waals surface area contributed by atoms with Gasteiger partial charge in [-0.3, -0.25) is 9.59 Å². The molecule has 0 bridgehead atoms. The van der Waals surface area contributed by atoms with Gasteiger partial charge < -0.3 is 5.32 Å². The second kappa shape index (κ2) is 8.73. The fourth-order valence-electron chi connectivity index (χ4n) is 2.43. The smallest absolute Gasteiger partial charge is 0.271 e. The van der Waals surface area contributed by atoms with Gasteiger partial charge in [0.25, 0.3) is 11.8 Å². The van der Waals surface area contributed by atoms with Gasteiger partial charge in [0.1, 0.15) is 5.82 Å². The average molecular weight is 375 g/mol. The molecule has 0 saturated heterocycles. The van der Waals surface area contributed by atoms with E-state index in [0.29, 0.717) is 22.4 Å². The van der Waals surface area contributed by atoms with Crippen LogP contribution in [0.1, 0.15) is 31.8 Å². The molecule has 0 aromatic heterocycles. The molecule has 140 valence electrons. The predicted octanol–water partition coefficient (Wildman–Crippen LogP) is 4.15. The van der Waals surface area contributed by atoms with Crippen LogP contribution in [0.3, 0.4) is 0 Å². The first-order chi connectivity index (χ1) is 13.5. The van der Waals surface area contributed by atoms with Crippen LogP contribution in [0.5, 0.6) is 0 Å². The Bertz CT molecular complexity index is 1010. The molecule has 0 aliphatic rings. The molecule has 6 heteroatoms. The number of carbonyl (C=O) groups excluding carboxylic acids is 2. The number of nitrogens with one attached hydrogen (secondary N) is 2. The van der Waals surface area contributed by atoms with E-state index in [-0.39, 0.29) is 11.7 Å². The van der Waals surface area contributed by atoms with E-state index in [1.165, 1.54) is 18.3 Å². The maximum absolute atomic E-state index is 12.9. The van der Waals surface area contributed by atoms with Gasteiger partial charge in [0.15, 0.2) is 0 Å². The van der Waals surface area contributed by atoms with Gasteiger partial charge >= 0.3 is 0 Å². The van der Waals surface area contributed by atoms with E-state index in [1.807, 2.05) is 19.1 Å². The zero-order chi connectivity index (χ0) is 19.9. The molecule has 3 rings (SSSR count). The molecule has 0 aliphatic carbocycles. The largest absolute Gasteiger partial charge is 0.322 e. The molecule has 2 amide bonds. The van der Waals surface area contributed by atoms with E-state index in [0.717, 1.165) is 5.56 Å². The summed E-state index contributed by atoms with van der Waals surface area (Å²) >= 11 is 0. The minimum Gasteiger partial charge on any atom is -0.322 e. The van der Waals surface area contributed by atoms with E-state index < -0.39 is 5.91 Å². The van der Waals surface area contributed by atoms with Crippen molar-refractivity contribution in [3.05, 3.63) is 101 Å². The van der Waals surface area contributed by atoms with E-state index in [2.05, 4.69) is 15.8 Å². The van der Waals surface area contributed by atoms with Gasteiger partial charge in [0.2, 0.25) is 0 Å². The second-order valence-electron chi connectivity index (χ2n) is 6.15. The number of anilines is 1. The number of benzene rings is 3. The first kappa shape index (κ1) is 19.0. The zero-order valence-corrected chi connectivity index (χ0v) is 15.1. The fourth-order valence-corrected chi connectivity index (χ4v) is 2.43. The highest BCUT2D eigenvalue weighted by Gasteiger charge is 2.09.